The van der Waals surface area contributed by atoms with E-state index in [9.17, 15) is 5.11 Å². The Bertz CT molecular complexity index is 373. The van der Waals surface area contributed by atoms with Crippen molar-refractivity contribution in [3.05, 3.63) is 33.8 Å². The molecule has 2 nitrogen and oxygen atoms in total. The number of hydrogen-bond acceptors (Lipinski definition) is 2. The molecule has 1 aliphatic rings. The topological polar surface area (TPSA) is 29.5 Å². The first-order valence-electron chi connectivity index (χ1n) is 5.28. The molecule has 1 N–H and O–H groups in total. The third kappa shape index (κ3) is 2.51. The zero-order valence-corrected chi connectivity index (χ0v) is 10.4. The molecule has 88 valence electrons. The van der Waals surface area contributed by atoms with E-state index in [2.05, 4.69) is 0 Å². The molecule has 16 heavy (non-hydrogen) atoms. The summed E-state index contributed by atoms with van der Waals surface area (Å²) in [5, 5.41) is 10.6. The van der Waals surface area contributed by atoms with Crippen LogP contribution in [0.1, 0.15) is 12.0 Å². The van der Waals surface area contributed by atoms with Crippen LogP contribution in [-0.4, -0.2) is 24.9 Å². The van der Waals surface area contributed by atoms with Crippen molar-refractivity contribution in [1.29, 1.82) is 0 Å². The highest BCUT2D eigenvalue weighted by Crippen LogP contribution is 2.33. The second-order valence-electron chi connectivity index (χ2n) is 4.39. The van der Waals surface area contributed by atoms with E-state index < -0.39 is 0 Å². The van der Waals surface area contributed by atoms with Crippen LogP contribution in [0.25, 0.3) is 0 Å². The molecule has 1 unspecified atom stereocenters. The third-order valence-electron chi connectivity index (χ3n) is 3.08. The minimum absolute atomic E-state index is 0.142. The van der Waals surface area contributed by atoms with E-state index in [1.165, 1.54) is 0 Å². The molecule has 0 amide bonds. The van der Waals surface area contributed by atoms with Gasteiger partial charge in [-0.25, -0.2) is 0 Å². The number of halogens is 2. The van der Waals surface area contributed by atoms with Gasteiger partial charge in [0.25, 0.3) is 0 Å². The second-order valence-corrected chi connectivity index (χ2v) is 5.20. The summed E-state index contributed by atoms with van der Waals surface area (Å²) < 4.78 is 5.36. The molecule has 1 aliphatic heterocycles. The summed E-state index contributed by atoms with van der Waals surface area (Å²) in [5.41, 5.74) is 0.950. The molecule has 1 aromatic rings. The predicted molar refractivity (Wildman–Crippen MR) is 65.1 cm³/mol. The summed E-state index contributed by atoms with van der Waals surface area (Å²) in [5.74, 6) is 0. The number of ether oxygens (including phenoxy) is 1. The van der Waals surface area contributed by atoms with Gasteiger partial charge in [0, 0.05) is 12.0 Å². The highest BCUT2D eigenvalue weighted by Gasteiger charge is 2.34. The molecule has 0 aromatic heterocycles. The SMILES string of the molecule is OCC1(Cc2ccc(Cl)c(Cl)c2)CCOC1. The van der Waals surface area contributed by atoms with Crippen LogP contribution in [0, 0.1) is 5.41 Å². The Morgan fingerprint density at radius 3 is 2.69 bits per heavy atom. The lowest BCUT2D eigenvalue weighted by Crippen LogP contribution is -2.28. The minimum Gasteiger partial charge on any atom is -0.396 e. The molecular formula is C12H14Cl2O2. The van der Waals surface area contributed by atoms with E-state index in [0.717, 1.165) is 25.0 Å². The van der Waals surface area contributed by atoms with Gasteiger partial charge in [-0.1, -0.05) is 29.3 Å². The van der Waals surface area contributed by atoms with Crippen LogP contribution in [0.2, 0.25) is 10.0 Å². The van der Waals surface area contributed by atoms with Crippen molar-refractivity contribution in [2.45, 2.75) is 12.8 Å². The highest BCUT2D eigenvalue weighted by molar-refractivity contribution is 6.42. The van der Waals surface area contributed by atoms with Crippen molar-refractivity contribution in [2.24, 2.45) is 5.41 Å². The summed E-state index contributed by atoms with van der Waals surface area (Å²) in [6.07, 6.45) is 1.67. The Hall–Kier alpha value is -0.280. The average Bonchev–Trinajstić information content (AvgIpc) is 2.73. The van der Waals surface area contributed by atoms with Gasteiger partial charge in [0.15, 0.2) is 0 Å². The lowest BCUT2D eigenvalue weighted by molar-refractivity contribution is 0.0935. The van der Waals surface area contributed by atoms with Crippen LogP contribution in [0.4, 0.5) is 0 Å². The second kappa shape index (κ2) is 4.92. The van der Waals surface area contributed by atoms with Crippen molar-refractivity contribution in [3.63, 3.8) is 0 Å². The van der Waals surface area contributed by atoms with E-state index in [-0.39, 0.29) is 12.0 Å². The monoisotopic (exact) mass is 260 g/mol. The first-order chi connectivity index (χ1) is 7.65. The molecular weight excluding hydrogens is 247 g/mol. The fourth-order valence-corrected chi connectivity index (χ4v) is 2.37. The number of rotatable bonds is 3. The molecule has 0 bridgehead atoms. The van der Waals surface area contributed by atoms with Gasteiger partial charge in [0.1, 0.15) is 0 Å². The van der Waals surface area contributed by atoms with Crippen LogP contribution >= 0.6 is 23.2 Å². The van der Waals surface area contributed by atoms with Crippen molar-refractivity contribution in [2.75, 3.05) is 19.8 Å². The average molecular weight is 261 g/mol. The summed E-state index contributed by atoms with van der Waals surface area (Å²) in [4.78, 5) is 0. The van der Waals surface area contributed by atoms with Gasteiger partial charge in [0.2, 0.25) is 0 Å². The third-order valence-corrected chi connectivity index (χ3v) is 3.82. The summed E-state index contributed by atoms with van der Waals surface area (Å²) >= 11 is 11.8. The molecule has 1 saturated heterocycles. The van der Waals surface area contributed by atoms with Crippen LogP contribution < -0.4 is 0 Å². The van der Waals surface area contributed by atoms with Gasteiger partial charge in [-0.15, -0.1) is 0 Å². The molecule has 2 rings (SSSR count). The van der Waals surface area contributed by atoms with E-state index in [1.807, 2.05) is 12.1 Å². The normalized spacial score (nSPS) is 24.9. The van der Waals surface area contributed by atoms with E-state index in [1.54, 1.807) is 6.07 Å². The van der Waals surface area contributed by atoms with E-state index in [4.69, 9.17) is 27.9 Å². The quantitative estimate of drug-likeness (QED) is 0.906. The Morgan fingerprint density at radius 2 is 2.12 bits per heavy atom. The maximum absolute atomic E-state index is 9.46. The molecule has 0 aliphatic carbocycles. The van der Waals surface area contributed by atoms with Crippen LogP contribution in [0.3, 0.4) is 0 Å². The molecule has 1 heterocycles. The minimum atomic E-state index is -0.142. The van der Waals surface area contributed by atoms with E-state index >= 15 is 0 Å². The summed E-state index contributed by atoms with van der Waals surface area (Å²) in [6, 6.07) is 5.60. The van der Waals surface area contributed by atoms with Crippen molar-refractivity contribution >= 4 is 23.2 Å². The molecule has 1 fully saturated rings. The summed E-state index contributed by atoms with van der Waals surface area (Å²) in [7, 11) is 0. The standard InChI is InChI=1S/C12H14Cl2O2/c13-10-2-1-9(5-11(10)14)6-12(7-15)3-4-16-8-12/h1-2,5,15H,3-4,6-8H2. The molecule has 1 atom stereocenters. The number of hydrogen-bond donors (Lipinski definition) is 1. The Kier molecular flexibility index (Phi) is 3.75. The van der Waals surface area contributed by atoms with Crippen molar-refractivity contribution in [1.82, 2.24) is 0 Å². The lowest BCUT2D eigenvalue weighted by atomic mass is 9.82. The zero-order valence-electron chi connectivity index (χ0n) is 8.88. The Morgan fingerprint density at radius 1 is 1.31 bits per heavy atom. The molecule has 4 heteroatoms. The smallest absolute Gasteiger partial charge is 0.0595 e. The first-order valence-corrected chi connectivity index (χ1v) is 6.03. The lowest BCUT2D eigenvalue weighted by Gasteiger charge is -2.24. The van der Waals surface area contributed by atoms with E-state index in [0.29, 0.717) is 16.7 Å². The summed E-state index contributed by atoms with van der Waals surface area (Å²) in [6.45, 7) is 1.48. The largest absolute Gasteiger partial charge is 0.396 e. The number of aliphatic hydroxyl groups is 1. The predicted octanol–water partition coefficient (Wildman–Crippen LogP) is 2.93. The van der Waals surface area contributed by atoms with Gasteiger partial charge in [0.05, 0.1) is 23.3 Å². The Labute approximate surface area is 105 Å². The van der Waals surface area contributed by atoms with Gasteiger partial charge in [-0.05, 0) is 30.5 Å². The molecule has 0 saturated carbocycles. The highest BCUT2D eigenvalue weighted by atomic mass is 35.5. The van der Waals surface area contributed by atoms with Crippen molar-refractivity contribution < 1.29 is 9.84 Å². The maximum Gasteiger partial charge on any atom is 0.0595 e. The zero-order chi connectivity index (χ0) is 11.6. The van der Waals surface area contributed by atoms with Gasteiger partial charge >= 0.3 is 0 Å². The van der Waals surface area contributed by atoms with Gasteiger partial charge in [-0.3, -0.25) is 0 Å². The fourth-order valence-electron chi connectivity index (χ4n) is 2.05. The van der Waals surface area contributed by atoms with Crippen molar-refractivity contribution in [3.8, 4) is 0 Å². The number of benzene rings is 1. The molecule has 0 radical (unpaired) electrons. The Balaban J connectivity index is 2.16. The first kappa shape index (κ1) is 12.2. The van der Waals surface area contributed by atoms with Crippen LogP contribution in [-0.2, 0) is 11.2 Å². The van der Waals surface area contributed by atoms with Crippen LogP contribution in [0.5, 0.6) is 0 Å². The van der Waals surface area contributed by atoms with Gasteiger partial charge in [-0.2, -0.15) is 0 Å². The van der Waals surface area contributed by atoms with Crippen LogP contribution in [0.15, 0.2) is 18.2 Å². The fraction of sp³-hybridized carbons (Fsp3) is 0.500. The molecule has 1 aromatic carbocycles. The molecule has 0 spiro atoms. The number of aliphatic hydroxyl groups excluding tert-OH is 1. The van der Waals surface area contributed by atoms with Gasteiger partial charge < -0.3 is 9.84 Å². The maximum atomic E-state index is 9.46.